The number of benzene rings is 1. The lowest BCUT2D eigenvalue weighted by Gasteiger charge is -2.19. The van der Waals surface area contributed by atoms with Gasteiger partial charge in [0.2, 0.25) is 0 Å². The Labute approximate surface area is 143 Å². The van der Waals surface area contributed by atoms with E-state index < -0.39 is 0 Å². The first-order chi connectivity index (χ1) is 11.8. The van der Waals surface area contributed by atoms with Crippen molar-refractivity contribution in [2.75, 3.05) is 7.05 Å². The Bertz CT molecular complexity index is 800. The fraction of sp³-hybridized carbons (Fsp3) is 0.381. The van der Waals surface area contributed by atoms with Crippen molar-refractivity contribution in [3.05, 3.63) is 65.5 Å². The molecule has 1 aromatic carbocycles. The van der Waals surface area contributed by atoms with Gasteiger partial charge in [0.25, 0.3) is 0 Å². The lowest BCUT2D eigenvalue weighted by molar-refractivity contribution is 0.318. The lowest BCUT2D eigenvalue weighted by atomic mass is 9.98. The van der Waals surface area contributed by atoms with Crippen molar-refractivity contribution in [2.24, 2.45) is 0 Å². The molecule has 0 radical (unpaired) electrons. The molecule has 1 aliphatic rings. The Morgan fingerprint density at radius 3 is 2.62 bits per heavy atom. The van der Waals surface area contributed by atoms with Crippen molar-refractivity contribution in [2.45, 2.75) is 44.7 Å². The highest BCUT2D eigenvalue weighted by Gasteiger charge is 2.24. The number of aromatic nitrogens is 2. The maximum absolute atomic E-state index is 4.55. The number of aromatic amines is 1. The van der Waals surface area contributed by atoms with Gasteiger partial charge in [-0.25, -0.2) is 4.98 Å². The summed E-state index contributed by atoms with van der Waals surface area (Å²) < 4.78 is 0. The highest BCUT2D eigenvalue weighted by molar-refractivity contribution is 5.81. The summed E-state index contributed by atoms with van der Waals surface area (Å²) in [7, 11) is 2.21. The number of nitrogens with zero attached hydrogens (tertiary/aromatic N) is 2. The number of H-pyrrole nitrogens is 1. The van der Waals surface area contributed by atoms with Crippen LogP contribution in [0.2, 0.25) is 0 Å². The van der Waals surface area contributed by atoms with Crippen molar-refractivity contribution in [3.63, 3.8) is 0 Å². The van der Waals surface area contributed by atoms with Gasteiger partial charge in [-0.3, -0.25) is 4.90 Å². The number of pyridine rings is 1. The van der Waals surface area contributed by atoms with E-state index in [2.05, 4.69) is 64.4 Å². The van der Waals surface area contributed by atoms with E-state index >= 15 is 0 Å². The molecule has 1 N–H and O–H groups in total. The molecule has 1 aliphatic carbocycles. The molecule has 124 valence electrons. The average Bonchev–Trinajstić information content (AvgIpc) is 3.24. The minimum Gasteiger partial charge on any atom is -0.343 e. The minimum atomic E-state index is 0.680. The minimum absolute atomic E-state index is 0.680. The van der Waals surface area contributed by atoms with E-state index in [9.17, 15) is 0 Å². The molecular weight excluding hydrogens is 294 g/mol. The molecule has 0 aliphatic heterocycles. The molecule has 0 atom stereocenters. The van der Waals surface area contributed by atoms with Gasteiger partial charge < -0.3 is 4.98 Å². The molecule has 3 nitrogen and oxygen atoms in total. The maximum atomic E-state index is 4.55. The first-order valence-corrected chi connectivity index (χ1v) is 8.99. The fourth-order valence-electron chi connectivity index (χ4n) is 4.05. The van der Waals surface area contributed by atoms with E-state index in [0.29, 0.717) is 5.92 Å². The van der Waals surface area contributed by atoms with Crippen molar-refractivity contribution in [1.82, 2.24) is 14.9 Å². The molecule has 1 saturated carbocycles. The van der Waals surface area contributed by atoms with Gasteiger partial charge in [0, 0.05) is 30.4 Å². The molecule has 0 bridgehead atoms. The maximum Gasteiger partial charge on any atom is 0.137 e. The predicted molar refractivity (Wildman–Crippen MR) is 98.9 cm³/mol. The van der Waals surface area contributed by atoms with Crippen LogP contribution in [0.4, 0.5) is 0 Å². The zero-order chi connectivity index (χ0) is 16.4. The van der Waals surface area contributed by atoms with E-state index in [1.165, 1.54) is 47.9 Å². The predicted octanol–water partition coefficient (Wildman–Crippen LogP) is 4.85. The first kappa shape index (κ1) is 15.4. The van der Waals surface area contributed by atoms with Crippen LogP contribution in [-0.4, -0.2) is 21.9 Å². The van der Waals surface area contributed by atoms with Gasteiger partial charge in [-0.15, -0.1) is 0 Å². The Morgan fingerprint density at radius 2 is 1.83 bits per heavy atom. The molecule has 3 aromatic rings. The van der Waals surface area contributed by atoms with Gasteiger partial charge in [0.1, 0.15) is 5.65 Å². The third kappa shape index (κ3) is 3.09. The SMILES string of the molecule is CN(Cc1ccccc1)Cc1c(C2CCCC2)[nH]c2ncccc12. The third-order valence-corrected chi connectivity index (χ3v) is 5.20. The summed E-state index contributed by atoms with van der Waals surface area (Å²) in [6.07, 6.45) is 7.21. The van der Waals surface area contributed by atoms with Crippen LogP contribution in [0.15, 0.2) is 48.7 Å². The topological polar surface area (TPSA) is 31.9 Å². The van der Waals surface area contributed by atoms with E-state index in [1.807, 2.05) is 6.20 Å². The highest BCUT2D eigenvalue weighted by atomic mass is 15.1. The normalized spacial score (nSPS) is 15.6. The van der Waals surface area contributed by atoms with E-state index in [1.54, 1.807) is 0 Å². The van der Waals surface area contributed by atoms with Gasteiger partial charge >= 0.3 is 0 Å². The Kier molecular flexibility index (Phi) is 4.35. The molecule has 2 aromatic heterocycles. The van der Waals surface area contributed by atoms with E-state index in [-0.39, 0.29) is 0 Å². The molecule has 24 heavy (non-hydrogen) atoms. The van der Waals surface area contributed by atoms with Crippen LogP contribution >= 0.6 is 0 Å². The summed E-state index contributed by atoms with van der Waals surface area (Å²) in [5, 5.41) is 1.29. The van der Waals surface area contributed by atoms with Crippen LogP contribution in [0.25, 0.3) is 11.0 Å². The Morgan fingerprint density at radius 1 is 1.04 bits per heavy atom. The summed E-state index contributed by atoms with van der Waals surface area (Å²) in [4.78, 5) is 10.6. The second-order valence-electron chi connectivity index (χ2n) is 7.06. The molecule has 0 spiro atoms. The van der Waals surface area contributed by atoms with Crippen LogP contribution in [0.5, 0.6) is 0 Å². The molecule has 2 heterocycles. The van der Waals surface area contributed by atoms with Crippen molar-refractivity contribution in [3.8, 4) is 0 Å². The van der Waals surface area contributed by atoms with E-state index in [0.717, 1.165) is 18.7 Å². The standard InChI is InChI=1S/C21H25N3/c1-24(14-16-8-3-2-4-9-16)15-19-18-12-7-13-22-21(18)23-20(19)17-10-5-6-11-17/h2-4,7-9,12-13,17H,5-6,10-11,14-15H2,1H3,(H,22,23). The molecule has 1 fully saturated rings. The highest BCUT2D eigenvalue weighted by Crippen LogP contribution is 2.38. The van der Waals surface area contributed by atoms with Crippen LogP contribution in [0.1, 0.15) is 48.4 Å². The van der Waals surface area contributed by atoms with Crippen LogP contribution in [0.3, 0.4) is 0 Å². The summed E-state index contributed by atoms with van der Waals surface area (Å²) >= 11 is 0. The summed E-state index contributed by atoms with van der Waals surface area (Å²) in [6, 6.07) is 15.0. The second-order valence-corrected chi connectivity index (χ2v) is 7.06. The second kappa shape index (κ2) is 6.78. The largest absolute Gasteiger partial charge is 0.343 e. The molecular formula is C21H25N3. The van der Waals surface area contributed by atoms with Gasteiger partial charge in [0.05, 0.1) is 0 Å². The number of fused-ring (bicyclic) bond motifs is 1. The fourth-order valence-corrected chi connectivity index (χ4v) is 4.05. The lowest BCUT2D eigenvalue weighted by Crippen LogP contribution is -2.18. The number of hydrogen-bond acceptors (Lipinski definition) is 2. The zero-order valence-electron chi connectivity index (χ0n) is 14.3. The molecule has 3 heteroatoms. The molecule has 4 rings (SSSR count). The summed E-state index contributed by atoms with van der Waals surface area (Å²) in [5.74, 6) is 0.680. The quantitative estimate of drug-likeness (QED) is 0.729. The molecule has 0 unspecified atom stereocenters. The van der Waals surface area contributed by atoms with Crippen molar-refractivity contribution in [1.29, 1.82) is 0 Å². The summed E-state index contributed by atoms with van der Waals surface area (Å²) in [6.45, 7) is 1.93. The number of nitrogens with one attached hydrogen (secondary N) is 1. The van der Waals surface area contributed by atoms with Crippen LogP contribution in [0, 0.1) is 0 Å². The Hall–Kier alpha value is -2.13. The number of hydrogen-bond donors (Lipinski definition) is 1. The molecule has 0 saturated heterocycles. The average molecular weight is 319 g/mol. The van der Waals surface area contributed by atoms with Crippen molar-refractivity contribution >= 4 is 11.0 Å². The van der Waals surface area contributed by atoms with Gasteiger partial charge in [0.15, 0.2) is 0 Å². The van der Waals surface area contributed by atoms with Gasteiger partial charge in [-0.2, -0.15) is 0 Å². The molecule has 0 amide bonds. The number of rotatable bonds is 5. The smallest absolute Gasteiger partial charge is 0.137 e. The third-order valence-electron chi connectivity index (χ3n) is 5.20. The zero-order valence-corrected chi connectivity index (χ0v) is 14.3. The van der Waals surface area contributed by atoms with Gasteiger partial charge in [-0.1, -0.05) is 43.2 Å². The first-order valence-electron chi connectivity index (χ1n) is 8.99. The van der Waals surface area contributed by atoms with Crippen molar-refractivity contribution < 1.29 is 0 Å². The van der Waals surface area contributed by atoms with E-state index in [4.69, 9.17) is 0 Å². The summed E-state index contributed by atoms with van der Waals surface area (Å²) in [5.41, 5.74) is 5.28. The monoisotopic (exact) mass is 319 g/mol. The van der Waals surface area contributed by atoms with Gasteiger partial charge in [-0.05, 0) is 49.1 Å². The van der Waals surface area contributed by atoms with Crippen LogP contribution in [-0.2, 0) is 13.1 Å². The van der Waals surface area contributed by atoms with Crippen LogP contribution < -0.4 is 0 Å². The Balaban J connectivity index is 1.63.